The largest absolute Gasteiger partial charge is 1.00 e. The van der Waals surface area contributed by atoms with E-state index < -0.39 is 107 Å². The Kier molecular flexibility index (Phi) is 21.5. The van der Waals surface area contributed by atoms with Crippen molar-refractivity contribution in [2.75, 3.05) is 0 Å². The molecule has 72 heavy (non-hydrogen) atoms. The zero-order valence-corrected chi connectivity index (χ0v) is 37.4. The van der Waals surface area contributed by atoms with Crippen LogP contribution in [0.3, 0.4) is 0 Å². The Morgan fingerprint density at radius 2 is 0.861 bits per heavy atom. The SMILES string of the molecule is CC(=O)C(=O)O.NC(CC(O)(Cc1c[nH]c2ccccc12)C(=O)O)C(=O)O.O=C(O)C(=O)CC(O)(Cc1c[nH]c2ccccc12)C(=O)O.O=C(O)C(=O)Cc1c[nH]c2ccccc12.O=C(O)CC(=O)C(=O)O.[H+]. The predicted octanol–water partition coefficient (Wildman–Crippen LogP) is 1.15. The quantitative estimate of drug-likeness (QED) is 0.0400. The first kappa shape index (κ1) is 58.7. The van der Waals surface area contributed by atoms with E-state index in [1.807, 2.05) is 36.4 Å². The molecule has 3 aromatic heterocycles. The molecule has 0 saturated carbocycles. The monoisotopic (exact) mass is 1010 g/mol. The summed E-state index contributed by atoms with van der Waals surface area (Å²) in [7, 11) is 0. The Labute approximate surface area is 404 Å². The van der Waals surface area contributed by atoms with Crippen LogP contribution in [0.15, 0.2) is 91.4 Å². The van der Waals surface area contributed by atoms with E-state index in [0.717, 1.165) is 39.8 Å². The minimum Gasteiger partial charge on any atom is -0.481 e. The van der Waals surface area contributed by atoms with Crippen LogP contribution in [-0.2, 0) is 76.8 Å². The molecule has 382 valence electrons. The molecule has 0 amide bonds. The number of H-pyrrole nitrogens is 3. The lowest BCUT2D eigenvalue weighted by Crippen LogP contribution is -2.48. The van der Waals surface area contributed by atoms with Crippen LogP contribution >= 0.6 is 0 Å². The van der Waals surface area contributed by atoms with Crippen molar-refractivity contribution in [1.29, 1.82) is 0 Å². The van der Waals surface area contributed by atoms with Gasteiger partial charge in [-0.3, -0.25) is 28.8 Å². The second-order valence-corrected chi connectivity index (χ2v) is 15.2. The number of aliphatic hydroxyl groups is 2. The summed E-state index contributed by atoms with van der Waals surface area (Å²) in [5.41, 5.74) is 4.94. The van der Waals surface area contributed by atoms with Gasteiger partial charge in [-0.05, 0) is 34.9 Å². The van der Waals surface area contributed by atoms with Crippen LogP contribution in [0.2, 0.25) is 0 Å². The maximum absolute atomic E-state index is 11.3. The van der Waals surface area contributed by atoms with Crippen LogP contribution in [0, 0.1) is 0 Å². The summed E-state index contributed by atoms with van der Waals surface area (Å²) in [6, 6.07) is 20.3. The Morgan fingerprint density at radius 1 is 0.514 bits per heavy atom. The number of carboxylic acids is 8. The van der Waals surface area contributed by atoms with Gasteiger partial charge < -0.3 is 71.8 Å². The van der Waals surface area contributed by atoms with Gasteiger partial charge in [0, 0.05) is 83.9 Å². The van der Waals surface area contributed by atoms with Gasteiger partial charge in [-0.2, -0.15) is 0 Å². The maximum atomic E-state index is 11.3. The van der Waals surface area contributed by atoms with E-state index in [4.69, 9.17) is 41.5 Å². The maximum Gasteiger partial charge on any atom is 1.00 e. The van der Waals surface area contributed by atoms with Crippen LogP contribution in [-0.4, -0.2) is 154 Å². The number of Topliss-reactive ketones (excluding diaryl/α,β-unsaturated/α-hetero) is 4. The van der Waals surface area contributed by atoms with E-state index in [-0.39, 0.29) is 20.7 Å². The average Bonchev–Trinajstić information content (AvgIpc) is 4.03. The number of nitrogens with two attached hydrogens (primary N) is 1. The lowest BCUT2D eigenvalue weighted by molar-refractivity contribution is -0.163. The van der Waals surface area contributed by atoms with Gasteiger partial charge in [-0.1, -0.05) is 54.6 Å². The first-order valence-electron chi connectivity index (χ1n) is 20.3. The highest BCUT2D eigenvalue weighted by molar-refractivity contribution is 6.36. The molecule has 0 fully saturated rings. The fraction of sp³-hybridized carbons (Fsp3) is 0.217. The van der Waals surface area contributed by atoms with Gasteiger partial charge in [0.25, 0.3) is 5.78 Å². The molecule has 0 saturated heterocycles. The summed E-state index contributed by atoms with van der Waals surface area (Å²) >= 11 is 0. The third-order valence-corrected chi connectivity index (χ3v) is 9.79. The third-order valence-electron chi connectivity index (χ3n) is 9.79. The van der Waals surface area contributed by atoms with Gasteiger partial charge >= 0.3 is 49.2 Å². The van der Waals surface area contributed by atoms with Crippen LogP contribution in [0.25, 0.3) is 32.7 Å². The molecule has 0 radical (unpaired) electrons. The number of benzene rings is 3. The van der Waals surface area contributed by atoms with Crippen LogP contribution in [0.1, 0.15) is 44.3 Å². The second kappa shape index (κ2) is 26.4. The van der Waals surface area contributed by atoms with Crippen molar-refractivity contribution in [3.63, 3.8) is 0 Å². The Morgan fingerprint density at radius 3 is 1.18 bits per heavy atom. The molecular formula is C46H47N4O22+. The third kappa shape index (κ3) is 17.6. The smallest absolute Gasteiger partial charge is 0.481 e. The highest BCUT2D eigenvalue weighted by Crippen LogP contribution is 2.27. The molecule has 6 rings (SSSR count). The van der Waals surface area contributed by atoms with E-state index in [1.54, 1.807) is 48.8 Å². The minimum absolute atomic E-state index is 0. The topological polar surface area (TPSA) is 481 Å². The number of para-hydroxylation sites is 3. The fourth-order valence-electron chi connectivity index (χ4n) is 6.17. The first-order valence-corrected chi connectivity index (χ1v) is 20.3. The highest BCUT2D eigenvalue weighted by Gasteiger charge is 2.41. The summed E-state index contributed by atoms with van der Waals surface area (Å²) in [5, 5.41) is 90.3. The van der Waals surface area contributed by atoms with E-state index in [2.05, 4.69) is 15.0 Å². The zero-order chi connectivity index (χ0) is 54.7. The molecule has 6 aromatic rings. The number of fused-ring (bicyclic) bond motifs is 3. The van der Waals surface area contributed by atoms with Gasteiger partial charge in [0.15, 0.2) is 11.2 Å². The molecule has 3 atom stereocenters. The van der Waals surface area contributed by atoms with Crippen molar-refractivity contribution < 1.29 is 110 Å². The summed E-state index contributed by atoms with van der Waals surface area (Å²) < 4.78 is 0. The molecule has 0 spiro atoms. The van der Waals surface area contributed by atoms with Crippen molar-refractivity contribution in [3.8, 4) is 0 Å². The van der Waals surface area contributed by atoms with E-state index >= 15 is 0 Å². The molecule has 3 heterocycles. The molecule has 0 aliphatic carbocycles. The molecule has 0 aliphatic heterocycles. The molecule has 0 bridgehead atoms. The number of ketones is 4. The average molecular weight is 1010 g/mol. The van der Waals surface area contributed by atoms with Gasteiger partial charge in [0.05, 0.1) is 6.42 Å². The van der Waals surface area contributed by atoms with E-state index in [9.17, 15) is 72.9 Å². The Balaban J connectivity index is 0.000000482. The van der Waals surface area contributed by atoms with Crippen molar-refractivity contribution >= 4 is 104 Å². The Hall–Kier alpha value is -9.40. The summed E-state index contributed by atoms with van der Waals surface area (Å²) in [4.78, 5) is 134. The summed E-state index contributed by atoms with van der Waals surface area (Å²) in [6.07, 6.45) is 1.63. The second-order valence-electron chi connectivity index (χ2n) is 15.2. The fourth-order valence-corrected chi connectivity index (χ4v) is 6.17. The number of carbonyl (C=O) groups is 12. The van der Waals surface area contributed by atoms with Crippen molar-refractivity contribution in [2.45, 2.75) is 62.7 Å². The molecular weight excluding hydrogens is 961 g/mol. The first-order chi connectivity index (χ1) is 33.5. The van der Waals surface area contributed by atoms with Gasteiger partial charge in [-0.25, -0.2) is 28.8 Å². The highest BCUT2D eigenvalue weighted by atomic mass is 16.4. The molecule has 26 nitrogen and oxygen atoms in total. The van der Waals surface area contributed by atoms with Gasteiger partial charge in [0.2, 0.25) is 17.3 Å². The molecule has 3 unspecified atom stereocenters. The van der Waals surface area contributed by atoms with Crippen molar-refractivity contribution in [3.05, 3.63) is 108 Å². The predicted molar refractivity (Wildman–Crippen MR) is 246 cm³/mol. The normalized spacial score (nSPS) is 12.4. The number of aromatic nitrogens is 3. The lowest BCUT2D eigenvalue weighted by Gasteiger charge is -2.24. The van der Waals surface area contributed by atoms with E-state index in [0.29, 0.717) is 16.5 Å². The molecule has 26 heteroatoms. The molecule has 3 aromatic carbocycles. The molecule has 0 aliphatic rings. The van der Waals surface area contributed by atoms with Gasteiger partial charge in [0.1, 0.15) is 12.5 Å². The summed E-state index contributed by atoms with van der Waals surface area (Å²) in [5.74, 6) is -16.4. The Bertz CT molecular complexity index is 3020. The minimum atomic E-state index is -2.46. The number of carbonyl (C=O) groups excluding carboxylic acids is 4. The van der Waals surface area contributed by atoms with Crippen LogP contribution < -0.4 is 5.73 Å². The standard InChI is InChI=1S/C14H16N2O5.C14H13NO6.C11H9NO3.C4H4O5.C3H4O3/c15-10(12(17)18)6-14(21,13(19)20)5-8-7-16-11-4-2-1-3-9(8)11;16-11(12(17)18)6-14(21,13(19)20)5-8-7-15-10-4-2-1-3-9(8)10;13-10(11(14)15)5-7-6-12-9-4-2-1-3-8(7)9;5-2(4(8)9)1-3(6)7;1-2(4)3(5)6/h1-4,7,10,16,21H,5-6,15H2,(H,17,18)(H,19,20);1-4,7,15,21H,5-6H2,(H,17,18)(H,19,20);1-4,6,12H,5H2,(H,14,15);1H2,(H,6,7)(H,8,9);1H3,(H,5,6)/p+1. The summed E-state index contributed by atoms with van der Waals surface area (Å²) in [6.45, 7) is 1.00. The van der Waals surface area contributed by atoms with Crippen molar-refractivity contribution in [1.82, 2.24) is 15.0 Å². The lowest BCUT2D eigenvalue weighted by atomic mass is 9.88. The van der Waals surface area contributed by atoms with Crippen LogP contribution in [0.5, 0.6) is 0 Å². The number of aliphatic carboxylic acids is 8. The number of hydrogen-bond acceptors (Lipinski definition) is 15. The van der Waals surface area contributed by atoms with Gasteiger partial charge in [-0.15, -0.1) is 0 Å². The number of carboxylic acid groups (broad SMARTS) is 8. The number of hydrogen-bond donors (Lipinski definition) is 14. The number of rotatable bonds is 19. The molecule has 15 N–H and O–H groups in total. The number of aromatic amines is 3. The van der Waals surface area contributed by atoms with Crippen LogP contribution in [0.4, 0.5) is 0 Å². The van der Waals surface area contributed by atoms with E-state index in [1.165, 1.54) is 6.20 Å². The van der Waals surface area contributed by atoms with Crippen molar-refractivity contribution in [2.24, 2.45) is 5.73 Å². The zero-order valence-electron chi connectivity index (χ0n) is 38.4. The number of nitrogens with one attached hydrogen (secondary N) is 3.